The normalized spacial score (nSPS) is 26.3. The molecule has 2 aliphatic rings. The molecular formula is C16H23FN2. The third kappa shape index (κ3) is 3.34. The van der Waals surface area contributed by atoms with E-state index in [-0.39, 0.29) is 11.4 Å². The third-order valence-electron chi connectivity index (χ3n) is 4.54. The minimum Gasteiger partial charge on any atom is -0.324 e. The molecule has 2 N–H and O–H groups in total. The van der Waals surface area contributed by atoms with E-state index in [0.29, 0.717) is 6.04 Å². The lowest BCUT2D eigenvalue weighted by Gasteiger charge is -2.37. The maximum absolute atomic E-state index is 12.9. The fourth-order valence-corrected chi connectivity index (χ4v) is 3.12. The van der Waals surface area contributed by atoms with Gasteiger partial charge in [0.1, 0.15) is 5.82 Å². The summed E-state index contributed by atoms with van der Waals surface area (Å²) in [5, 5.41) is 0. The molecule has 1 saturated heterocycles. The van der Waals surface area contributed by atoms with Gasteiger partial charge in [-0.05, 0) is 56.3 Å². The molecule has 104 valence electrons. The predicted molar refractivity (Wildman–Crippen MR) is 75.5 cm³/mol. The molecule has 19 heavy (non-hydrogen) atoms. The Kier molecular flexibility index (Phi) is 3.59. The summed E-state index contributed by atoms with van der Waals surface area (Å²) in [4.78, 5) is 2.57. The number of benzene rings is 1. The number of hydrogen-bond donors (Lipinski definition) is 1. The second kappa shape index (κ2) is 5.22. The van der Waals surface area contributed by atoms with Crippen LogP contribution in [0.25, 0.3) is 0 Å². The Balaban J connectivity index is 1.64. The summed E-state index contributed by atoms with van der Waals surface area (Å²) in [6, 6.07) is 7.54. The van der Waals surface area contributed by atoms with Gasteiger partial charge in [-0.1, -0.05) is 18.6 Å². The van der Waals surface area contributed by atoms with Crippen molar-refractivity contribution in [2.45, 2.75) is 50.1 Å². The zero-order chi connectivity index (χ0) is 13.3. The number of nitrogens with two attached hydrogens (primary N) is 1. The summed E-state index contributed by atoms with van der Waals surface area (Å²) in [5.41, 5.74) is 7.59. The fraction of sp³-hybridized carbons (Fsp3) is 0.625. The highest BCUT2D eigenvalue weighted by atomic mass is 19.1. The molecular weight excluding hydrogens is 239 g/mol. The van der Waals surface area contributed by atoms with Crippen molar-refractivity contribution in [3.63, 3.8) is 0 Å². The Labute approximate surface area is 114 Å². The smallest absolute Gasteiger partial charge is 0.123 e. The van der Waals surface area contributed by atoms with Crippen LogP contribution in [0.2, 0.25) is 0 Å². The van der Waals surface area contributed by atoms with Gasteiger partial charge in [0.05, 0.1) is 0 Å². The molecule has 1 aromatic carbocycles. The topological polar surface area (TPSA) is 29.3 Å². The van der Waals surface area contributed by atoms with E-state index in [0.717, 1.165) is 13.0 Å². The Bertz CT molecular complexity index is 425. The summed E-state index contributed by atoms with van der Waals surface area (Å²) >= 11 is 0. The zero-order valence-corrected chi connectivity index (χ0v) is 11.4. The Morgan fingerprint density at radius 3 is 2.63 bits per heavy atom. The van der Waals surface area contributed by atoms with Gasteiger partial charge in [-0.2, -0.15) is 0 Å². The molecule has 0 amide bonds. The van der Waals surface area contributed by atoms with Crippen molar-refractivity contribution in [2.24, 2.45) is 5.73 Å². The lowest BCUT2D eigenvalue weighted by molar-refractivity contribution is 0.135. The summed E-state index contributed by atoms with van der Waals surface area (Å²) < 4.78 is 12.9. The van der Waals surface area contributed by atoms with Crippen LogP contribution in [0.3, 0.4) is 0 Å². The second-order valence-corrected chi connectivity index (χ2v) is 6.31. The number of hydrogen-bond acceptors (Lipinski definition) is 2. The molecule has 2 nitrogen and oxygen atoms in total. The minimum atomic E-state index is -0.150. The average Bonchev–Trinajstić information content (AvgIpc) is 3.12. The molecule has 1 atom stereocenters. The highest BCUT2D eigenvalue weighted by Crippen LogP contribution is 2.35. The molecule has 0 aromatic heterocycles. The van der Waals surface area contributed by atoms with E-state index >= 15 is 0 Å². The second-order valence-electron chi connectivity index (χ2n) is 6.31. The van der Waals surface area contributed by atoms with Gasteiger partial charge >= 0.3 is 0 Å². The van der Waals surface area contributed by atoms with E-state index in [1.165, 1.54) is 44.2 Å². The van der Waals surface area contributed by atoms with Crippen LogP contribution in [0, 0.1) is 5.82 Å². The zero-order valence-electron chi connectivity index (χ0n) is 11.4. The maximum Gasteiger partial charge on any atom is 0.123 e. The summed E-state index contributed by atoms with van der Waals surface area (Å²) in [7, 11) is 0. The lowest BCUT2D eigenvalue weighted by Crippen LogP contribution is -2.48. The first-order valence-electron chi connectivity index (χ1n) is 7.42. The van der Waals surface area contributed by atoms with Crippen LogP contribution in [-0.4, -0.2) is 29.6 Å². The Morgan fingerprint density at radius 2 is 1.95 bits per heavy atom. The highest BCUT2D eigenvalue weighted by molar-refractivity contribution is 5.17. The first-order valence-corrected chi connectivity index (χ1v) is 7.42. The molecule has 1 saturated carbocycles. The molecule has 1 aromatic rings. The van der Waals surface area contributed by atoms with Crippen molar-refractivity contribution in [3.8, 4) is 0 Å². The molecule has 1 unspecified atom stereocenters. The quantitative estimate of drug-likeness (QED) is 0.904. The van der Waals surface area contributed by atoms with Crippen LogP contribution in [0.5, 0.6) is 0 Å². The van der Waals surface area contributed by atoms with Gasteiger partial charge in [-0.15, -0.1) is 0 Å². The molecule has 3 rings (SSSR count). The van der Waals surface area contributed by atoms with Gasteiger partial charge in [-0.3, -0.25) is 4.90 Å². The summed E-state index contributed by atoms with van der Waals surface area (Å²) in [6.07, 6.45) is 7.21. The number of likely N-dealkylation sites (tertiary alicyclic amines) is 1. The lowest BCUT2D eigenvalue weighted by atomic mass is 9.95. The van der Waals surface area contributed by atoms with Gasteiger partial charge in [0, 0.05) is 18.1 Å². The maximum atomic E-state index is 12.9. The van der Waals surface area contributed by atoms with Gasteiger partial charge < -0.3 is 5.73 Å². The van der Waals surface area contributed by atoms with Crippen LogP contribution in [0.4, 0.5) is 4.39 Å². The first kappa shape index (κ1) is 13.1. The van der Waals surface area contributed by atoms with Crippen molar-refractivity contribution >= 4 is 0 Å². The molecule has 1 aliphatic heterocycles. The van der Waals surface area contributed by atoms with Gasteiger partial charge in [0.15, 0.2) is 0 Å². The number of halogens is 1. The number of nitrogens with zero attached hydrogens (tertiary/aromatic N) is 1. The molecule has 0 bridgehead atoms. The molecule has 1 heterocycles. The van der Waals surface area contributed by atoms with Crippen molar-refractivity contribution < 1.29 is 4.39 Å². The van der Waals surface area contributed by atoms with Crippen LogP contribution in [-0.2, 0) is 6.42 Å². The van der Waals surface area contributed by atoms with Crippen molar-refractivity contribution in [3.05, 3.63) is 35.6 Å². The van der Waals surface area contributed by atoms with Crippen LogP contribution in [0.1, 0.15) is 37.7 Å². The number of piperidine rings is 1. The highest BCUT2D eigenvalue weighted by Gasteiger charge is 2.41. The SMILES string of the molecule is NC1(CN2CCCCC2Cc2ccc(F)cc2)CC1. The van der Waals surface area contributed by atoms with Gasteiger partial charge in [-0.25, -0.2) is 4.39 Å². The van der Waals surface area contributed by atoms with Gasteiger partial charge in [0.2, 0.25) is 0 Å². The minimum absolute atomic E-state index is 0.0956. The summed E-state index contributed by atoms with van der Waals surface area (Å²) in [6.45, 7) is 2.21. The summed E-state index contributed by atoms with van der Waals surface area (Å²) in [5.74, 6) is -0.150. The third-order valence-corrected chi connectivity index (χ3v) is 4.54. The van der Waals surface area contributed by atoms with E-state index in [2.05, 4.69) is 4.90 Å². The van der Waals surface area contributed by atoms with Crippen LogP contribution in [0.15, 0.2) is 24.3 Å². The van der Waals surface area contributed by atoms with E-state index < -0.39 is 0 Å². The van der Waals surface area contributed by atoms with E-state index in [4.69, 9.17) is 5.73 Å². The van der Waals surface area contributed by atoms with E-state index in [1.54, 1.807) is 12.1 Å². The van der Waals surface area contributed by atoms with E-state index in [9.17, 15) is 4.39 Å². The molecule has 0 radical (unpaired) electrons. The van der Waals surface area contributed by atoms with Crippen molar-refractivity contribution in [1.29, 1.82) is 0 Å². The van der Waals surface area contributed by atoms with Crippen molar-refractivity contribution in [1.82, 2.24) is 4.90 Å². The van der Waals surface area contributed by atoms with Crippen LogP contribution >= 0.6 is 0 Å². The van der Waals surface area contributed by atoms with Gasteiger partial charge in [0.25, 0.3) is 0 Å². The average molecular weight is 262 g/mol. The standard InChI is InChI=1S/C16H23FN2/c17-14-6-4-13(5-7-14)11-15-3-1-2-10-19(15)12-16(18)8-9-16/h4-7,15H,1-3,8-12,18H2. The van der Waals surface area contributed by atoms with Crippen LogP contribution < -0.4 is 5.73 Å². The monoisotopic (exact) mass is 262 g/mol. The first-order chi connectivity index (χ1) is 9.15. The fourth-order valence-electron chi connectivity index (χ4n) is 3.12. The molecule has 2 fully saturated rings. The Hall–Kier alpha value is -0.930. The molecule has 1 aliphatic carbocycles. The Morgan fingerprint density at radius 1 is 1.21 bits per heavy atom. The predicted octanol–water partition coefficient (Wildman–Crippen LogP) is 2.71. The van der Waals surface area contributed by atoms with Crippen molar-refractivity contribution in [2.75, 3.05) is 13.1 Å². The number of rotatable bonds is 4. The van der Waals surface area contributed by atoms with E-state index in [1.807, 2.05) is 12.1 Å². The molecule has 0 spiro atoms. The largest absolute Gasteiger partial charge is 0.324 e. The molecule has 3 heteroatoms.